The van der Waals surface area contributed by atoms with Crippen LogP contribution in [0.5, 0.6) is 0 Å². The smallest absolute Gasteiger partial charge is 0.206 e. The zero-order valence-corrected chi connectivity index (χ0v) is 9.47. The Hall–Kier alpha value is -1.03. The number of fused-ring (bicyclic) bond motifs is 1. The van der Waals surface area contributed by atoms with E-state index in [1.54, 1.807) is 0 Å². The van der Waals surface area contributed by atoms with Gasteiger partial charge in [-0.2, -0.15) is 0 Å². The van der Waals surface area contributed by atoms with Gasteiger partial charge >= 0.3 is 0 Å². The van der Waals surface area contributed by atoms with Crippen LogP contribution in [-0.4, -0.2) is 35.2 Å². The van der Waals surface area contributed by atoms with Gasteiger partial charge in [-0.3, -0.25) is 0 Å². The highest BCUT2D eigenvalue weighted by Crippen LogP contribution is 2.39. The first-order chi connectivity index (χ1) is 7.93. The molecule has 0 bridgehead atoms. The molecule has 2 saturated heterocycles. The lowest BCUT2D eigenvalue weighted by molar-refractivity contribution is 0.570. The van der Waals surface area contributed by atoms with E-state index in [1.165, 1.54) is 38.3 Å². The average Bonchev–Trinajstić information content (AvgIpc) is 2.76. The van der Waals surface area contributed by atoms with Crippen molar-refractivity contribution < 1.29 is 0 Å². The number of nitrogens with zero attached hydrogens (tertiary/aromatic N) is 3. The van der Waals surface area contributed by atoms with E-state index in [2.05, 4.69) is 26.0 Å². The molecule has 3 heterocycles. The van der Waals surface area contributed by atoms with Crippen LogP contribution in [0.25, 0.3) is 0 Å². The minimum absolute atomic E-state index is 0.694. The van der Waals surface area contributed by atoms with Crippen LogP contribution in [0.15, 0.2) is 12.4 Å². The zero-order valence-electron chi connectivity index (χ0n) is 9.47. The number of hydrogen-bond acceptors (Lipinski definition) is 3. The summed E-state index contributed by atoms with van der Waals surface area (Å²) in [5.74, 6) is 2.07. The molecule has 4 rings (SSSR count). The van der Waals surface area contributed by atoms with Gasteiger partial charge in [0.2, 0.25) is 5.95 Å². The summed E-state index contributed by atoms with van der Waals surface area (Å²) in [6.45, 7) is 3.54. The van der Waals surface area contributed by atoms with Crippen LogP contribution in [0.1, 0.15) is 25.3 Å². The van der Waals surface area contributed by atoms with E-state index < -0.39 is 0 Å². The Kier molecular flexibility index (Phi) is 1.83. The zero-order chi connectivity index (χ0) is 10.5. The lowest BCUT2D eigenvalue weighted by Gasteiger charge is -2.25. The first kappa shape index (κ1) is 9.05. The molecule has 0 amide bonds. The van der Waals surface area contributed by atoms with Crippen molar-refractivity contribution in [3.05, 3.63) is 12.4 Å². The Balaban J connectivity index is 1.66. The fourth-order valence-electron chi connectivity index (χ4n) is 3.26. The SMILES string of the molecule is c1cn(C2CC2)c(N2CC[C@H]3CNC[C@H]32)n1. The highest BCUT2D eigenvalue weighted by atomic mass is 15.4. The van der Waals surface area contributed by atoms with Gasteiger partial charge in [0.1, 0.15) is 0 Å². The molecule has 4 heteroatoms. The Labute approximate surface area is 95.6 Å². The number of nitrogens with one attached hydrogen (secondary N) is 1. The summed E-state index contributed by atoms with van der Waals surface area (Å²) in [5, 5.41) is 3.50. The summed E-state index contributed by atoms with van der Waals surface area (Å²) in [4.78, 5) is 7.11. The van der Waals surface area contributed by atoms with Gasteiger partial charge in [0.25, 0.3) is 0 Å². The highest BCUT2D eigenvalue weighted by molar-refractivity contribution is 5.38. The van der Waals surface area contributed by atoms with Crippen molar-refractivity contribution in [2.24, 2.45) is 5.92 Å². The molecule has 0 aromatic carbocycles. The van der Waals surface area contributed by atoms with E-state index in [0.717, 1.165) is 18.5 Å². The molecule has 1 aromatic rings. The molecular weight excluding hydrogens is 200 g/mol. The average molecular weight is 218 g/mol. The molecule has 1 aliphatic carbocycles. The summed E-state index contributed by atoms with van der Waals surface area (Å²) < 4.78 is 2.39. The third-order valence-electron chi connectivity index (χ3n) is 4.29. The summed E-state index contributed by atoms with van der Waals surface area (Å²) in [6, 6.07) is 1.44. The number of rotatable bonds is 2. The van der Waals surface area contributed by atoms with Gasteiger partial charge in [0.05, 0.1) is 0 Å². The second-order valence-corrected chi connectivity index (χ2v) is 5.33. The largest absolute Gasteiger partial charge is 0.338 e. The highest BCUT2D eigenvalue weighted by Gasteiger charge is 2.40. The van der Waals surface area contributed by atoms with E-state index in [0.29, 0.717) is 6.04 Å². The molecule has 1 saturated carbocycles. The second-order valence-electron chi connectivity index (χ2n) is 5.33. The minimum Gasteiger partial charge on any atom is -0.338 e. The molecule has 2 atom stereocenters. The van der Waals surface area contributed by atoms with Crippen LogP contribution < -0.4 is 10.2 Å². The van der Waals surface area contributed by atoms with Crippen molar-refractivity contribution in [1.82, 2.24) is 14.9 Å². The van der Waals surface area contributed by atoms with Crippen molar-refractivity contribution in [3.63, 3.8) is 0 Å². The molecular formula is C12H18N4. The van der Waals surface area contributed by atoms with Gasteiger partial charge in [-0.1, -0.05) is 0 Å². The summed E-state index contributed by atoms with van der Waals surface area (Å²) >= 11 is 0. The Morgan fingerprint density at radius 2 is 2.19 bits per heavy atom. The van der Waals surface area contributed by atoms with E-state index >= 15 is 0 Å². The molecule has 4 nitrogen and oxygen atoms in total. The quantitative estimate of drug-likeness (QED) is 0.804. The maximum atomic E-state index is 4.58. The van der Waals surface area contributed by atoms with Crippen LogP contribution >= 0.6 is 0 Å². The van der Waals surface area contributed by atoms with Crippen LogP contribution in [0.4, 0.5) is 5.95 Å². The minimum atomic E-state index is 0.694. The Morgan fingerprint density at radius 3 is 3.06 bits per heavy atom. The fraction of sp³-hybridized carbons (Fsp3) is 0.750. The van der Waals surface area contributed by atoms with Crippen molar-refractivity contribution in [1.29, 1.82) is 0 Å². The predicted octanol–water partition coefficient (Wildman–Crippen LogP) is 1.02. The molecule has 0 spiro atoms. The monoisotopic (exact) mass is 218 g/mol. The summed E-state index contributed by atoms with van der Waals surface area (Å²) in [7, 11) is 0. The molecule has 2 aliphatic heterocycles. The van der Waals surface area contributed by atoms with Crippen LogP contribution in [-0.2, 0) is 0 Å². The lowest BCUT2D eigenvalue weighted by atomic mass is 10.1. The molecule has 1 N–H and O–H groups in total. The van der Waals surface area contributed by atoms with Crippen molar-refractivity contribution >= 4 is 5.95 Å². The van der Waals surface area contributed by atoms with Gasteiger partial charge in [-0.25, -0.2) is 4.98 Å². The molecule has 3 fully saturated rings. The fourth-order valence-corrected chi connectivity index (χ4v) is 3.26. The summed E-state index contributed by atoms with van der Waals surface area (Å²) in [6.07, 6.45) is 8.12. The van der Waals surface area contributed by atoms with E-state index in [1.807, 2.05) is 6.20 Å². The predicted molar refractivity (Wildman–Crippen MR) is 62.6 cm³/mol. The van der Waals surface area contributed by atoms with Crippen molar-refractivity contribution in [3.8, 4) is 0 Å². The van der Waals surface area contributed by atoms with E-state index in [9.17, 15) is 0 Å². The number of imidazole rings is 1. The van der Waals surface area contributed by atoms with Gasteiger partial charge in [0.15, 0.2) is 0 Å². The first-order valence-corrected chi connectivity index (χ1v) is 6.43. The Morgan fingerprint density at radius 1 is 1.25 bits per heavy atom. The number of anilines is 1. The van der Waals surface area contributed by atoms with E-state index in [-0.39, 0.29) is 0 Å². The van der Waals surface area contributed by atoms with E-state index in [4.69, 9.17) is 0 Å². The summed E-state index contributed by atoms with van der Waals surface area (Å²) in [5.41, 5.74) is 0. The van der Waals surface area contributed by atoms with Gasteiger partial charge in [0, 0.05) is 44.1 Å². The first-order valence-electron chi connectivity index (χ1n) is 6.43. The van der Waals surface area contributed by atoms with Crippen LogP contribution in [0, 0.1) is 5.92 Å². The number of aromatic nitrogens is 2. The van der Waals surface area contributed by atoms with Crippen LogP contribution in [0.3, 0.4) is 0 Å². The molecule has 3 aliphatic rings. The van der Waals surface area contributed by atoms with Crippen LogP contribution in [0.2, 0.25) is 0 Å². The van der Waals surface area contributed by atoms with Gasteiger partial charge < -0.3 is 14.8 Å². The molecule has 0 unspecified atom stereocenters. The van der Waals surface area contributed by atoms with Gasteiger partial charge in [-0.15, -0.1) is 0 Å². The maximum absolute atomic E-state index is 4.58. The normalized spacial score (nSPS) is 33.4. The molecule has 86 valence electrons. The maximum Gasteiger partial charge on any atom is 0.206 e. The number of hydrogen-bond donors (Lipinski definition) is 1. The molecule has 1 aromatic heterocycles. The Bertz CT molecular complexity index is 395. The third-order valence-corrected chi connectivity index (χ3v) is 4.29. The van der Waals surface area contributed by atoms with Crippen molar-refractivity contribution in [2.45, 2.75) is 31.3 Å². The topological polar surface area (TPSA) is 33.1 Å². The molecule has 0 radical (unpaired) electrons. The third kappa shape index (κ3) is 1.22. The standard InChI is InChI=1S/C12H18N4/c1-2-10(1)15-6-4-14-12(15)16-5-3-9-7-13-8-11(9)16/h4,6,9-11,13H,1-3,5,7-8H2/t9-,11+/m0/s1. The van der Waals surface area contributed by atoms with Crippen molar-refractivity contribution in [2.75, 3.05) is 24.5 Å². The second kappa shape index (κ2) is 3.23. The lowest BCUT2D eigenvalue weighted by Crippen LogP contribution is -2.35. The molecule has 16 heavy (non-hydrogen) atoms. The van der Waals surface area contributed by atoms with Gasteiger partial charge in [-0.05, 0) is 25.2 Å².